The number of anilines is 1. The number of rotatable bonds is 9. The van der Waals surface area contributed by atoms with Crippen LogP contribution in [0.1, 0.15) is 29.6 Å². The maximum atomic E-state index is 12.5. The predicted molar refractivity (Wildman–Crippen MR) is 128 cm³/mol. The maximum absolute atomic E-state index is 12.5. The molecule has 0 atom stereocenters. The van der Waals surface area contributed by atoms with Crippen molar-refractivity contribution in [3.05, 3.63) is 50.9 Å². The van der Waals surface area contributed by atoms with E-state index in [2.05, 4.69) is 20.6 Å². The number of amides is 2. The van der Waals surface area contributed by atoms with Crippen molar-refractivity contribution >= 4 is 50.8 Å². The molecule has 1 aliphatic rings. The van der Waals surface area contributed by atoms with E-state index in [0.29, 0.717) is 29.6 Å². The Kier molecular flexibility index (Phi) is 7.11. The molecule has 0 unspecified atom stereocenters. The number of carbonyl (C=O) groups is 2. The monoisotopic (exact) mass is 472 g/mol. The van der Waals surface area contributed by atoms with Crippen LogP contribution < -0.4 is 20.9 Å². The van der Waals surface area contributed by atoms with Crippen LogP contribution in [0, 0.1) is 0 Å². The van der Waals surface area contributed by atoms with Gasteiger partial charge in [0.15, 0.2) is 6.61 Å². The number of carbonyl (C=O) groups excluding carboxylic acids is 2. The Labute approximate surface area is 193 Å². The minimum atomic E-state index is -0.180. The number of aryl methyl sites for hydroxylation is 2. The lowest BCUT2D eigenvalue weighted by Gasteiger charge is -2.08. The molecular weight excluding hydrogens is 448 g/mol. The summed E-state index contributed by atoms with van der Waals surface area (Å²) >= 11 is 3.00. The van der Waals surface area contributed by atoms with Gasteiger partial charge >= 0.3 is 0 Å². The molecule has 1 aromatic carbocycles. The number of H-pyrrole nitrogens is 1. The van der Waals surface area contributed by atoms with E-state index in [1.54, 1.807) is 35.6 Å². The predicted octanol–water partition coefficient (Wildman–Crippen LogP) is 2.86. The van der Waals surface area contributed by atoms with Crippen molar-refractivity contribution in [1.82, 2.24) is 15.3 Å². The van der Waals surface area contributed by atoms with Gasteiger partial charge in [-0.1, -0.05) is 0 Å². The van der Waals surface area contributed by atoms with Crippen molar-refractivity contribution in [2.24, 2.45) is 0 Å². The molecule has 3 N–H and O–H groups in total. The van der Waals surface area contributed by atoms with Crippen LogP contribution in [0.15, 0.2) is 29.1 Å². The lowest BCUT2D eigenvalue weighted by atomic mass is 10.2. The number of nitrogens with one attached hydrogen (secondary N) is 3. The standard InChI is InChI=1S/C22H24N4O4S2/c1-2-23-18(27)10-30-14-8-6-13(7-9-14)24-19(28)12-31-11-17-25-21(29)20-15-4-3-5-16(15)32-22(20)26-17/h6-9H,2-5,10-12H2,1H3,(H,23,27)(H,24,28)(H,25,26,29). The number of nitrogens with zero attached hydrogens (tertiary/aromatic N) is 1. The number of hydrogen-bond acceptors (Lipinski definition) is 7. The van der Waals surface area contributed by atoms with Gasteiger partial charge in [0, 0.05) is 17.1 Å². The summed E-state index contributed by atoms with van der Waals surface area (Å²) in [7, 11) is 0. The van der Waals surface area contributed by atoms with E-state index in [-0.39, 0.29) is 29.7 Å². The number of benzene rings is 1. The number of hydrogen-bond donors (Lipinski definition) is 3. The molecule has 3 aromatic rings. The van der Waals surface area contributed by atoms with E-state index in [9.17, 15) is 14.4 Å². The van der Waals surface area contributed by atoms with Crippen molar-refractivity contribution in [2.45, 2.75) is 31.9 Å². The average Bonchev–Trinajstić information content (AvgIpc) is 3.34. The first-order valence-electron chi connectivity index (χ1n) is 10.4. The summed E-state index contributed by atoms with van der Waals surface area (Å²) in [6.07, 6.45) is 3.09. The van der Waals surface area contributed by atoms with Crippen LogP contribution in [0.3, 0.4) is 0 Å². The Bertz CT molecular complexity index is 1190. The fourth-order valence-corrected chi connectivity index (χ4v) is 5.55. The second-order valence-electron chi connectivity index (χ2n) is 7.36. The van der Waals surface area contributed by atoms with Crippen LogP contribution in [-0.4, -0.2) is 40.7 Å². The molecule has 2 amide bonds. The largest absolute Gasteiger partial charge is 0.484 e. The molecule has 2 heterocycles. The molecule has 2 aromatic heterocycles. The zero-order valence-electron chi connectivity index (χ0n) is 17.7. The van der Waals surface area contributed by atoms with Gasteiger partial charge in [0.25, 0.3) is 11.5 Å². The number of ether oxygens (including phenoxy) is 1. The minimum Gasteiger partial charge on any atom is -0.484 e. The maximum Gasteiger partial charge on any atom is 0.259 e. The smallest absolute Gasteiger partial charge is 0.259 e. The lowest BCUT2D eigenvalue weighted by Crippen LogP contribution is -2.28. The van der Waals surface area contributed by atoms with Crippen molar-refractivity contribution in [2.75, 3.05) is 24.2 Å². The highest BCUT2D eigenvalue weighted by Gasteiger charge is 2.21. The molecule has 4 rings (SSSR count). The fraction of sp³-hybridized carbons (Fsp3) is 0.364. The topological polar surface area (TPSA) is 113 Å². The normalized spacial score (nSPS) is 12.5. The average molecular weight is 473 g/mol. The van der Waals surface area contributed by atoms with Crippen molar-refractivity contribution in [3.63, 3.8) is 0 Å². The van der Waals surface area contributed by atoms with Gasteiger partial charge in [-0.05, 0) is 56.0 Å². The summed E-state index contributed by atoms with van der Waals surface area (Å²) in [6.45, 7) is 2.35. The highest BCUT2D eigenvalue weighted by Crippen LogP contribution is 2.34. The Hall–Kier alpha value is -2.85. The zero-order valence-corrected chi connectivity index (χ0v) is 19.3. The van der Waals surface area contributed by atoms with E-state index in [4.69, 9.17) is 4.74 Å². The van der Waals surface area contributed by atoms with Gasteiger partial charge in [-0.15, -0.1) is 23.1 Å². The van der Waals surface area contributed by atoms with Gasteiger partial charge in [0.05, 0.1) is 16.9 Å². The molecule has 32 heavy (non-hydrogen) atoms. The highest BCUT2D eigenvalue weighted by molar-refractivity contribution is 7.99. The van der Waals surface area contributed by atoms with Gasteiger partial charge < -0.3 is 20.4 Å². The van der Waals surface area contributed by atoms with E-state index in [1.807, 2.05) is 6.92 Å². The first-order chi connectivity index (χ1) is 15.5. The molecule has 0 bridgehead atoms. The van der Waals surface area contributed by atoms with Crippen LogP contribution >= 0.6 is 23.1 Å². The summed E-state index contributed by atoms with van der Waals surface area (Å²) in [5, 5.41) is 6.22. The third-order valence-electron chi connectivity index (χ3n) is 4.98. The Morgan fingerprint density at radius 3 is 2.81 bits per heavy atom. The van der Waals surface area contributed by atoms with Gasteiger partial charge in [0.2, 0.25) is 5.91 Å². The van der Waals surface area contributed by atoms with Crippen LogP contribution in [0.2, 0.25) is 0 Å². The summed E-state index contributed by atoms with van der Waals surface area (Å²) in [5.74, 6) is 1.50. The number of aromatic nitrogens is 2. The van der Waals surface area contributed by atoms with Crippen LogP contribution in [0.4, 0.5) is 5.69 Å². The van der Waals surface area contributed by atoms with Crippen molar-refractivity contribution in [3.8, 4) is 5.75 Å². The number of thioether (sulfide) groups is 1. The Morgan fingerprint density at radius 1 is 1.22 bits per heavy atom. The lowest BCUT2D eigenvalue weighted by molar-refractivity contribution is -0.123. The summed E-state index contributed by atoms with van der Waals surface area (Å²) < 4.78 is 5.39. The Morgan fingerprint density at radius 2 is 2.03 bits per heavy atom. The summed E-state index contributed by atoms with van der Waals surface area (Å²) in [6, 6.07) is 6.84. The van der Waals surface area contributed by atoms with Gasteiger partial charge in [-0.2, -0.15) is 0 Å². The number of likely N-dealkylation sites (N-methyl/N-ethyl adjacent to an activating group) is 1. The second kappa shape index (κ2) is 10.2. The molecule has 0 spiro atoms. The third kappa shape index (κ3) is 5.31. The highest BCUT2D eigenvalue weighted by atomic mass is 32.2. The summed E-state index contributed by atoms with van der Waals surface area (Å²) in [5.41, 5.74) is 1.73. The van der Waals surface area contributed by atoms with Gasteiger partial charge in [-0.25, -0.2) is 4.98 Å². The van der Waals surface area contributed by atoms with E-state index >= 15 is 0 Å². The Balaban J connectivity index is 1.25. The third-order valence-corrected chi connectivity index (χ3v) is 7.11. The molecule has 0 fully saturated rings. The van der Waals surface area contributed by atoms with Crippen molar-refractivity contribution in [1.29, 1.82) is 0 Å². The first kappa shape index (κ1) is 22.3. The minimum absolute atomic E-state index is 0.0494. The van der Waals surface area contributed by atoms with E-state index < -0.39 is 0 Å². The van der Waals surface area contributed by atoms with Crippen LogP contribution in [0.5, 0.6) is 5.75 Å². The number of fused-ring (bicyclic) bond motifs is 3. The van der Waals surface area contributed by atoms with Crippen molar-refractivity contribution < 1.29 is 14.3 Å². The molecule has 0 aliphatic heterocycles. The molecule has 0 radical (unpaired) electrons. The van der Waals surface area contributed by atoms with Gasteiger partial charge in [-0.3, -0.25) is 14.4 Å². The molecule has 8 nitrogen and oxygen atoms in total. The second-order valence-corrected chi connectivity index (χ2v) is 9.43. The fourth-order valence-electron chi connectivity index (χ4n) is 3.58. The van der Waals surface area contributed by atoms with Crippen LogP contribution in [-0.2, 0) is 28.2 Å². The number of aromatic amines is 1. The number of thiophene rings is 1. The quantitative estimate of drug-likeness (QED) is 0.441. The first-order valence-corrected chi connectivity index (χ1v) is 12.4. The summed E-state index contributed by atoms with van der Waals surface area (Å²) in [4.78, 5) is 45.7. The SMILES string of the molecule is CCNC(=O)COc1ccc(NC(=O)CSCc2nc3sc4c(c3c(=O)[nH]2)CCC4)cc1. The zero-order chi connectivity index (χ0) is 22.5. The molecule has 1 aliphatic carbocycles. The molecule has 168 valence electrons. The molecule has 0 saturated carbocycles. The van der Waals surface area contributed by atoms with E-state index in [1.165, 1.54) is 16.6 Å². The molecule has 0 saturated heterocycles. The van der Waals surface area contributed by atoms with Crippen LogP contribution in [0.25, 0.3) is 10.2 Å². The van der Waals surface area contributed by atoms with Gasteiger partial charge in [0.1, 0.15) is 16.4 Å². The van der Waals surface area contributed by atoms with E-state index in [0.717, 1.165) is 35.0 Å². The molecule has 10 heteroatoms. The molecular formula is C22H24N4O4S2.